The lowest BCUT2D eigenvalue weighted by atomic mass is 10.1. The van der Waals surface area contributed by atoms with Crippen molar-refractivity contribution in [3.63, 3.8) is 0 Å². The van der Waals surface area contributed by atoms with Gasteiger partial charge in [-0.25, -0.2) is 9.82 Å². The topological polar surface area (TPSA) is 54.4 Å². The van der Waals surface area contributed by atoms with Gasteiger partial charge in [0.15, 0.2) is 0 Å². The van der Waals surface area contributed by atoms with Gasteiger partial charge in [-0.1, -0.05) is 12.1 Å². The van der Waals surface area contributed by atoms with Crippen molar-refractivity contribution in [2.45, 2.75) is 6.92 Å². The summed E-state index contributed by atoms with van der Waals surface area (Å²) in [4.78, 5) is 15.8. The first-order valence-electron chi connectivity index (χ1n) is 5.77. The van der Waals surface area contributed by atoms with E-state index in [-0.39, 0.29) is 11.7 Å². The largest absolute Gasteiger partial charge is 0.272 e. The molecule has 1 heterocycles. The second-order valence-electron chi connectivity index (χ2n) is 4.04. The number of aromatic nitrogens is 1. The summed E-state index contributed by atoms with van der Waals surface area (Å²) < 4.78 is 13.5. The molecule has 0 aliphatic carbocycles. The van der Waals surface area contributed by atoms with E-state index >= 15 is 0 Å². The Kier molecular flexibility index (Phi) is 4.57. The van der Waals surface area contributed by atoms with E-state index in [1.165, 1.54) is 18.3 Å². The number of nitrogens with zero attached hydrogens (tertiary/aromatic N) is 2. The number of nitrogens with one attached hydrogen (secondary N) is 1. The molecule has 0 fully saturated rings. The van der Waals surface area contributed by atoms with Crippen LogP contribution in [0.2, 0.25) is 0 Å². The highest BCUT2D eigenvalue weighted by Crippen LogP contribution is 2.09. The number of hydrazone groups is 1. The quantitative estimate of drug-likeness (QED) is 0.692. The van der Waals surface area contributed by atoms with Gasteiger partial charge < -0.3 is 0 Å². The van der Waals surface area contributed by atoms with Crippen LogP contribution < -0.4 is 5.43 Å². The van der Waals surface area contributed by atoms with Crippen LogP contribution in [0.3, 0.4) is 0 Å². The van der Waals surface area contributed by atoms with E-state index in [0.717, 1.165) is 5.56 Å². The average molecular weight is 336 g/mol. The molecule has 2 aromatic rings. The fraction of sp³-hybridized carbons (Fsp3) is 0.0714. The van der Waals surface area contributed by atoms with E-state index in [2.05, 4.69) is 31.4 Å². The molecule has 6 heteroatoms. The average Bonchev–Trinajstić information content (AvgIpc) is 2.45. The standard InChI is InChI=1S/C14H11BrFN3O/c1-9(10-2-4-13(16)5-3-10)18-19-14(20)11-6-12(15)8-17-7-11/h2-8H,1H3,(H,19,20). The Bertz CT molecular complexity index is 656. The Hall–Kier alpha value is -2.08. The number of rotatable bonds is 3. The van der Waals surface area contributed by atoms with Crippen LogP contribution in [0.4, 0.5) is 4.39 Å². The Morgan fingerprint density at radius 2 is 1.95 bits per heavy atom. The first kappa shape index (κ1) is 14.3. The third kappa shape index (κ3) is 3.71. The normalized spacial score (nSPS) is 11.2. The predicted molar refractivity (Wildman–Crippen MR) is 78.0 cm³/mol. The maximum Gasteiger partial charge on any atom is 0.272 e. The van der Waals surface area contributed by atoms with Crippen molar-refractivity contribution in [2.75, 3.05) is 0 Å². The van der Waals surface area contributed by atoms with Crippen molar-refractivity contribution in [1.29, 1.82) is 0 Å². The van der Waals surface area contributed by atoms with Gasteiger partial charge in [-0.15, -0.1) is 0 Å². The second kappa shape index (κ2) is 6.38. The minimum absolute atomic E-state index is 0.314. The molecule has 0 saturated carbocycles. The molecule has 0 spiro atoms. The first-order chi connectivity index (χ1) is 9.56. The summed E-state index contributed by atoms with van der Waals surface area (Å²) in [5, 5.41) is 3.98. The zero-order valence-electron chi connectivity index (χ0n) is 10.6. The Balaban J connectivity index is 2.08. The SMILES string of the molecule is CC(=NNC(=O)c1cncc(Br)c1)c1ccc(F)cc1. The van der Waals surface area contributed by atoms with Gasteiger partial charge in [0, 0.05) is 16.9 Å². The van der Waals surface area contributed by atoms with Crippen LogP contribution in [0.1, 0.15) is 22.8 Å². The van der Waals surface area contributed by atoms with Gasteiger partial charge in [-0.05, 0) is 46.6 Å². The number of carbonyl (C=O) groups excluding carboxylic acids is 1. The van der Waals surface area contributed by atoms with Gasteiger partial charge in [0.25, 0.3) is 5.91 Å². The molecule has 4 nitrogen and oxygen atoms in total. The minimum Gasteiger partial charge on any atom is -0.267 e. The third-order valence-electron chi connectivity index (χ3n) is 2.55. The number of hydrogen-bond donors (Lipinski definition) is 1. The van der Waals surface area contributed by atoms with Crippen LogP contribution >= 0.6 is 15.9 Å². The molecule has 1 N–H and O–H groups in total. The highest BCUT2D eigenvalue weighted by molar-refractivity contribution is 9.10. The lowest BCUT2D eigenvalue weighted by Crippen LogP contribution is -2.19. The van der Waals surface area contributed by atoms with Crippen LogP contribution in [-0.4, -0.2) is 16.6 Å². The molecule has 0 radical (unpaired) electrons. The van der Waals surface area contributed by atoms with E-state index in [0.29, 0.717) is 15.7 Å². The molecule has 1 amide bonds. The highest BCUT2D eigenvalue weighted by Gasteiger charge is 2.06. The summed E-state index contributed by atoms with van der Waals surface area (Å²) in [5.41, 5.74) is 4.15. The van der Waals surface area contributed by atoms with Gasteiger partial charge in [-0.3, -0.25) is 9.78 Å². The first-order valence-corrected chi connectivity index (χ1v) is 6.56. The molecular formula is C14H11BrFN3O. The Morgan fingerprint density at radius 3 is 2.60 bits per heavy atom. The Labute approximate surface area is 123 Å². The molecule has 2 rings (SSSR count). The highest BCUT2D eigenvalue weighted by atomic mass is 79.9. The summed E-state index contributed by atoms with van der Waals surface area (Å²) in [6.07, 6.45) is 3.03. The van der Waals surface area contributed by atoms with E-state index in [1.54, 1.807) is 31.3 Å². The number of halogens is 2. The van der Waals surface area contributed by atoms with Gasteiger partial charge in [0.1, 0.15) is 5.82 Å². The van der Waals surface area contributed by atoms with Crippen LogP contribution in [0.25, 0.3) is 0 Å². The molecule has 102 valence electrons. The Morgan fingerprint density at radius 1 is 1.25 bits per heavy atom. The monoisotopic (exact) mass is 335 g/mol. The summed E-state index contributed by atoms with van der Waals surface area (Å²) in [6, 6.07) is 7.52. The van der Waals surface area contributed by atoms with Crippen LogP contribution in [0.15, 0.2) is 52.3 Å². The summed E-state index contributed by atoms with van der Waals surface area (Å²) in [5.74, 6) is -0.675. The minimum atomic E-state index is -0.361. The van der Waals surface area contributed by atoms with Crippen LogP contribution in [-0.2, 0) is 0 Å². The lowest BCUT2D eigenvalue weighted by Gasteiger charge is -2.03. The molecule has 1 aromatic heterocycles. The van der Waals surface area contributed by atoms with E-state index in [9.17, 15) is 9.18 Å². The predicted octanol–water partition coefficient (Wildman–Crippen LogP) is 3.14. The van der Waals surface area contributed by atoms with Gasteiger partial charge >= 0.3 is 0 Å². The number of amides is 1. The smallest absolute Gasteiger partial charge is 0.267 e. The zero-order chi connectivity index (χ0) is 14.5. The molecule has 0 saturated heterocycles. The molecule has 0 bridgehead atoms. The number of pyridine rings is 1. The summed E-state index contributed by atoms with van der Waals surface area (Å²) in [7, 11) is 0. The van der Waals surface area contributed by atoms with Crippen molar-refractivity contribution in [3.8, 4) is 0 Å². The van der Waals surface area contributed by atoms with E-state index in [1.807, 2.05) is 0 Å². The van der Waals surface area contributed by atoms with Crippen molar-refractivity contribution < 1.29 is 9.18 Å². The van der Waals surface area contributed by atoms with Crippen molar-refractivity contribution in [1.82, 2.24) is 10.4 Å². The van der Waals surface area contributed by atoms with E-state index < -0.39 is 0 Å². The summed E-state index contributed by atoms with van der Waals surface area (Å²) >= 11 is 3.24. The molecule has 0 aliphatic heterocycles. The molecule has 0 unspecified atom stereocenters. The third-order valence-corrected chi connectivity index (χ3v) is 2.99. The van der Waals surface area contributed by atoms with Gasteiger partial charge in [0.05, 0.1) is 11.3 Å². The van der Waals surface area contributed by atoms with Crippen LogP contribution in [0.5, 0.6) is 0 Å². The number of hydrogen-bond acceptors (Lipinski definition) is 3. The van der Waals surface area contributed by atoms with E-state index in [4.69, 9.17) is 0 Å². The zero-order valence-corrected chi connectivity index (χ0v) is 12.2. The van der Waals surface area contributed by atoms with Crippen molar-refractivity contribution >= 4 is 27.5 Å². The summed E-state index contributed by atoms with van der Waals surface area (Å²) in [6.45, 7) is 1.73. The molecule has 20 heavy (non-hydrogen) atoms. The molecule has 1 aromatic carbocycles. The fourth-order valence-corrected chi connectivity index (χ4v) is 1.86. The maximum atomic E-state index is 12.8. The fourth-order valence-electron chi connectivity index (χ4n) is 1.49. The molecule has 0 aliphatic rings. The van der Waals surface area contributed by atoms with Crippen molar-refractivity contribution in [3.05, 3.63) is 64.1 Å². The number of benzene rings is 1. The van der Waals surface area contributed by atoms with Gasteiger partial charge in [0.2, 0.25) is 0 Å². The number of carbonyl (C=O) groups is 1. The lowest BCUT2D eigenvalue weighted by molar-refractivity contribution is 0.0954. The molecular weight excluding hydrogens is 325 g/mol. The maximum absolute atomic E-state index is 12.8. The van der Waals surface area contributed by atoms with Gasteiger partial charge in [-0.2, -0.15) is 5.10 Å². The second-order valence-corrected chi connectivity index (χ2v) is 4.95. The van der Waals surface area contributed by atoms with Crippen molar-refractivity contribution in [2.24, 2.45) is 5.10 Å². The van der Waals surface area contributed by atoms with Crippen LogP contribution in [0, 0.1) is 5.82 Å². The molecule has 0 atom stereocenters.